The Bertz CT molecular complexity index is 493. The lowest BCUT2D eigenvalue weighted by Crippen LogP contribution is -2.53. The first-order valence-electron chi connectivity index (χ1n) is 8.86. The van der Waals surface area contributed by atoms with E-state index in [4.69, 9.17) is 0 Å². The molecule has 3 aliphatic rings. The van der Waals surface area contributed by atoms with Gasteiger partial charge in [-0.05, 0) is 60.7 Å². The van der Waals surface area contributed by atoms with Crippen molar-refractivity contribution in [1.29, 1.82) is 0 Å². The molecule has 3 rings (SSSR count). The lowest BCUT2D eigenvalue weighted by atomic mass is 9.45. The largest absolute Gasteiger partial charge is 0.478 e. The minimum atomic E-state index is -0.858. The molecule has 0 bridgehead atoms. The van der Waals surface area contributed by atoms with Crippen LogP contribution in [0.4, 0.5) is 0 Å². The summed E-state index contributed by atoms with van der Waals surface area (Å²) < 4.78 is 0. The van der Waals surface area contributed by atoms with Crippen molar-refractivity contribution in [3.8, 4) is 0 Å². The number of aliphatic hydroxyl groups excluding tert-OH is 1. The van der Waals surface area contributed by atoms with Crippen molar-refractivity contribution in [1.82, 2.24) is 0 Å². The Kier molecular flexibility index (Phi) is 3.91. The lowest BCUT2D eigenvalue weighted by Gasteiger charge is -2.59. The van der Waals surface area contributed by atoms with E-state index in [0.29, 0.717) is 29.2 Å². The van der Waals surface area contributed by atoms with Crippen molar-refractivity contribution in [2.45, 2.75) is 71.8 Å². The molecule has 0 radical (unpaired) electrons. The van der Waals surface area contributed by atoms with Gasteiger partial charge in [0.2, 0.25) is 0 Å². The van der Waals surface area contributed by atoms with Crippen molar-refractivity contribution < 1.29 is 15.0 Å². The van der Waals surface area contributed by atoms with Crippen LogP contribution in [-0.2, 0) is 4.79 Å². The molecule has 2 saturated carbocycles. The Morgan fingerprint density at radius 2 is 1.95 bits per heavy atom. The number of aliphatic carboxylic acids is 1. The molecule has 0 aromatic rings. The predicted octanol–water partition coefficient (Wildman–Crippen LogP) is 4.01. The van der Waals surface area contributed by atoms with Crippen LogP contribution >= 0.6 is 0 Å². The summed E-state index contributed by atoms with van der Waals surface area (Å²) in [7, 11) is 0. The molecule has 3 heteroatoms. The number of allylic oxidation sites excluding steroid dienone is 1. The maximum absolute atomic E-state index is 11.3. The monoisotopic (exact) mass is 306 g/mol. The second-order valence-corrected chi connectivity index (χ2v) is 8.79. The Morgan fingerprint density at radius 1 is 1.23 bits per heavy atom. The first kappa shape index (κ1) is 16.0. The van der Waals surface area contributed by atoms with E-state index in [1.54, 1.807) is 0 Å². The second-order valence-electron chi connectivity index (χ2n) is 8.79. The van der Waals surface area contributed by atoms with Crippen LogP contribution in [0, 0.1) is 28.6 Å². The molecule has 2 fully saturated rings. The van der Waals surface area contributed by atoms with E-state index in [1.165, 1.54) is 25.7 Å². The topological polar surface area (TPSA) is 57.5 Å². The van der Waals surface area contributed by atoms with E-state index in [0.717, 1.165) is 12.8 Å². The predicted molar refractivity (Wildman–Crippen MR) is 86.4 cm³/mol. The molecule has 5 atom stereocenters. The lowest BCUT2D eigenvalue weighted by molar-refractivity contribution is -0.133. The number of rotatable bonds is 1. The Balaban J connectivity index is 1.95. The minimum absolute atomic E-state index is 0.246. The molecular weight excluding hydrogens is 276 g/mol. The number of fused-ring (bicyclic) bond motifs is 3. The van der Waals surface area contributed by atoms with Crippen molar-refractivity contribution >= 4 is 5.97 Å². The third kappa shape index (κ3) is 2.42. The highest BCUT2D eigenvalue weighted by Gasteiger charge is 2.55. The molecule has 0 aliphatic heterocycles. The molecule has 3 nitrogen and oxygen atoms in total. The molecule has 0 spiro atoms. The van der Waals surface area contributed by atoms with Gasteiger partial charge in [-0.1, -0.05) is 33.3 Å². The average molecular weight is 306 g/mol. The summed E-state index contributed by atoms with van der Waals surface area (Å²) in [4.78, 5) is 11.3. The van der Waals surface area contributed by atoms with Gasteiger partial charge in [0, 0.05) is 12.0 Å². The average Bonchev–Trinajstić information content (AvgIpc) is 2.58. The highest BCUT2D eigenvalue weighted by Crippen LogP contribution is 2.63. The van der Waals surface area contributed by atoms with Gasteiger partial charge in [0.05, 0.1) is 6.10 Å². The third-order valence-corrected chi connectivity index (χ3v) is 7.24. The van der Waals surface area contributed by atoms with Gasteiger partial charge in [0.15, 0.2) is 0 Å². The van der Waals surface area contributed by atoms with E-state index < -0.39 is 12.1 Å². The normalized spacial score (nSPS) is 44.3. The second kappa shape index (κ2) is 5.36. The summed E-state index contributed by atoms with van der Waals surface area (Å²) in [6.07, 6.45) is 8.58. The van der Waals surface area contributed by atoms with Gasteiger partial charge in [-0.25, -0.2) is 4.79 Å². The molecule has 124 valence electrons. The summed E-state index contributed by atoms with van der Waals surface area (Å²) >= 11 is 0. The number of carbonyl (C=O) groups is 1. The fourth-order valence-corrected chi connectivity index (χ4v) is 6.19. The fourth-order valence-electron chi connectivity index (χ4n) is 6.19. The van der Waals surface area contributed by atoms with E-state index in [-0.39, 0.29) is 11.3 Å². The van der Waals surface area contributed by atoms with Gasteiger partial charge >= 0.3 is 5.97 Å². The quantitative estimate of drug-likeness (QED) is 0.769. The van der Waals surface area contributed by atoms with Crippen molar-refractivity contribution in [2.24, 2.45) is 28.6 Å². The smallest absolute Gasteiger partial charge is 0.331 e. The molecule has 2 N–H and O–H groups in total. The zero-order valence-electron chi connectivity index (χ0n) is 14.1. The molecule has 0 aromatic heterocycles. The molecule has 0 heterocycles. The Hall–Kier alpha value is -0.830. The summed E-state index contributed by atoms with van der Waals surface area (Å²) in [6, 6.07) is 0. The van der Waals surface area contributed by atoms with Crippen LogP contribution in [0.5, 0.6) is 0 Å². The van der Waals surface area contributed by atoms with Crippen LogP contribution < -0.4 is 0 Å². The van der Waals surface area contributed by atoms with Crippen LogP contribution in [0.15, 0.2) is 11.6 Å². The van der Waals surface area contributed by atoms with Gasteiger partial charge in [-0.3, -0.25) is 0 Å². The van der Waals surface area contributed by atoms with Crippen LogP contribution in [0.1, 0.15) is 65.7 Å². The van der Waals surface area contributed by atoms with Crippen molar-refractivity contribution in [3.63, 3.8) is 0 Å². The fraction of sp³-hybridized carbons (Fsp3) is 0.842. The van der Waals surface area contributed by atoms with Crippen molar-refractivity contribution in [2.75, 3.05) is 0 Å². The number of aliphatic hydroxyl groups is 1. The van der Waals surface area contributed by atoms with E-state index in [1.807, 2.05) is 6.08 Å². The first-order valence-corrected chi connectivity index (χ1v) is 8.86. The van der Waals surface area contributed by atoms with Gasteiger partial charge < -0.3 is 10.2 Å². The van der Waals surface area contributed by atoms with Gasteiger partial charge in [0.25, 0.3) is 0 Å². The Morgan fingerprint density at radius 3 is 2.64 bits per heavy atom. The molecule has 22 heavy (non-hydrogen) atoms. The molecule has 0 aromatic carbocycles. The highest BCUT2D eigenvalue weighted by molar-refractivity contribution is 5.86. The number of carboxylic acid groups (broad SMARTS) is 1. The maximum atomic E-state index is 11.3. The zero-order valence-corrected chi connectivity index (χ0v) is 14.1. The number of hydrogen-bond donors (Lipinski definition) is 2. The van der Waals surface area contributed by atoms with Gasteiger partial charge in [-0.15, -0.1) is 0 Å². The van der Waals surface area contributed by atoms with Crippen LogP contribution in [0.25, 0.3) is 0 Å². The van der Waals surface area contributed by atoms with Crippen LogP contribution in [-0.4, -0.2) is 22.3 Å². The van der Waals surface area contributed by atoms with E-state index >= 15 is 0 Å². The highest BCUT2D eigenvalue weighted by atomic mass is 16.4. The zero-order chi connectivity index (χ0) is 16.1. The molecule has 0 saturated heterocycles. The van der Waals surface area contributed by atoms with Crippen LogP contribution in [0.2, 0.25) is 0 Å². The maximum Gasteiger partial charge on any atom is 0.331 e. The third-order valence-electron chi connectivity index (χ3n) is 7.24. The first-order chi connectivity index (χ1) is 10.3. The molecular formula is C19H30O3. The van der Waals surface area contributed by atoms with E-state index in [2.05, 4.69) is 20.8 Å². The SMILES string of the molecule is CC1(C)CCC[C@@]2(C)C1CCC1[C@@H](O)CC(C(=O)O)=CC[C@@H]12. The number of hydrogen-bond acceptors (Lipinski definition) is 2. The summed E-state index contributed by atoms with van der Waals surface area (Å²) in [5.74, 6) is 0.534. The molecule has 3 aliphatic carbocycles. The van der Waals surface area contributed by atoms with Crippen molar-refractivity contribution in [3.05, 3.63) is 11.6 Å². The summed E-state index contributed by atoms with van der Waals surface area (Å²) in [5.41, 5.74) is 1.03. The summed E-state index contributed by atoms with van der Waals surface area (Å²) in [5, 5.41) is 19.9. The minimum Gasteiger partial charge on any atom is -0.478 e. The molecule has 2 unspecified atom stereocenters. The summed E-state index contributed by atoms with van der Waals surface area (Å²) in [6.45, 7) is 7.23. The standard InChI is InChI=1S/C19H30O3/c1-18(2)9-4-10-19(3)14-7-5-12(17(21)22)11-15(20)13(14)6-8-16(18)19/h5,13-16,20H,4,6-11H2,1-3H3,(H,21,22)/t13?,14-,15-,16?,19+/m0/s1. The Labute approximate surface area is 133 Å². The molecule has 0 amide bonds. The van der Waals surface area contributed by atoms with Crippen LogP contribution in [0.3, 0.4) is 0 Å². The van der Waals surface area contributed by atoms with E-state index in [9.17, 15) is 15.0 Å². The van der Waals surface area contributed by atoms with Gasteiger partial charge in [-0.2, -0.15) is 0 Å². The number of carboxylic acids is 1. The van der Waals surface area contributed by atoms with Gasteiger partial charge in [0.1, 0.15) is 0 Å².